The molecule has 0 N–H and O–H groups in total. The highest BCUT2D eigenvalue weighted by Crippen LogP contribution is 2.49. The molecule has 0 spiro atoms. The van der Waals surface area contributed by atoms with Gasteiger partial charge in [0.05, 0.1) is 38.0 Å². The minimum Gasteiger partial charge on any atom is -0.493 e. The smallest absolute Gasteiger partial charge is 0.295 e. The third kappa shape index (κ3) is 3.66. The fourth-order valence-electron chi connectivity index (χ4n) is 4.15. The summed E-state index contributed by atoms with van der Waals surface area (Å²) in [6.45, 7) is 3.70. The summed E-state index contributed by atoms with van der Waals surface area (Å²) in [6.07, 6.45) is 0. The number of anilines is 1. The standard InChI is InChI=1S/C24H27N3O5S/c1-14-20(23(29)27(25(14)3)17-10-8-7-9-11-17)26-22(28)15(2)33-24(26)16-12-18(30-4)21(32-6)19(13-16)31-5/h7-13,15,24H,1-6H3/t15-,24-/m0/s1. The Balaban J connectivity index is 1.90. The summed E-state index contributed by atoms with van der Waals surface area (Å²) in [5.74, 6) is 1.33. The van der Waals surface area contributed by atoms with Crippen LogP contribution in [0.15, 0.2) is 47.3 Å². The Morgan fingerprint density at radius 1 is 0.939 bits per heavy atom. The van der Waals surface area contributed by atoms with Crippen molar-refractivity contribution in [2.45, 2.75) is 24.5 Å². The summed E-state index contributed by atoms with van der Waals surface area (Å²) < 4.78 is 19.8. The van der Waals surface area contributed by atoms with Crippen molar-refractivity contribution in [3.63, 3.8) is 0 Å². The maximum absolute atomic E-state index is 13.6. The molecule has 0 saturated carbocycles. The first-order chi connectivity index (χ1) is 15.8. The van der Waals surface area contributed by atoms with Gasteiger partial charge in [-0.15, -0.1) is 11.8 Å². The lowest BCUT2D eigenvalue weighted by atomic mass is 10.1. The van der Waals surface area contributed by atoms with Crippen LogP contribution in [0.4, 0.5) is 5.69 Å². The molecule has 1 fully saturated rings. The number of hydrogen-bond acceptors (Lipinski definition) is 6. The van der Waals surface area contributed by atoms with E-state index in [1.165, 1.54) is 11.8 Å². The summed E-state index contributed by atoms with van der Waals surface area (Å²) in [5, 5.41) is -0.752. The summed E-state index contributed by atoms with van der Waals surface area (Å²) in [5.41, 5.74) is 2.32. The number of nitrogens with zero attached hydrogens (tertiary/aromatic N) is 3. The van der Waals surface area contributed by atoms with Crippen molar-refractivity contribution in [2.75, 3.05) is 26.2 Å². The zero-order valence-electron chi connectivity index (χ0n) is 19.5. The number of para-hydroxylation sites is 1. The molecule has 1 aliphatic rings. The van der Waals surface area contributed by atoms with Gasteiger partial charge in [0, 0.05) is 7.05 Å². The second-order valence-electron chi connectivity index (χ2n) is 7.71. The van der Waals surface area contributed by atoms with Crippen molar-refractivity contribution in [1.82, 2.24) is 9.36 Å². The van der Waals surface area contributed by atoms with Crippen LogP contribution in [-0.4, -0.2) is 41.9 Å². The van der Waals surface area contributed by atoms with Crippen LogP contribution in [0, 0.1) is 6.92 Å². The second-order valence-corrected chi connectivity index (χ2v) is 9.13. The number of amides is 1. The van der Waals surface area contributed by atoms with Gasteiger partial charge >= 0.3 is 0 Å². The van der Waals surface area contributed by atoms with Crippen LogP contribution in [0.25, 0.3) is 5.69 Å². The highest BCUT2D eigenvalue weighted by molar-refractivity contribution is 8.01. The van der Waals surface area contributed by atoms with Gasteiger partial charge in [0.15, 0.2) is 11.5 Å². The average Bonchev–Trinajstić information content (AvgIpc) is 3.24. The van der Waals surface area contributed by atoms with Crippen molar-refractivity contribution < 1.29 is 19.0 Å². The number of aromatic nitrogens is 2. The lowest BCUT2D eigenvalue weighted by Gasteiger charge is -2.24. The van der Waals surface area contributed by atoms with E-state index in [2.05, 4.69) is 0 Å². The second kappa shape index (κ2) is 8.90. The van der Waals surface area contributed by atoms with Crippen LogP contribution in [0.5, 0.6) is 17.2 Å². The van der Waals surface area contributed by atoms with Crippen molar-refractivity contribution >= 4 is 23.4 Å². The molecular formula is C24H27N3O5S. The van der Waals surface area contributed by atoms with Gasteiger partial charge in [-0.2, -0.15) is 0 Å². The quantitative estimate of drug-likeness (QED) is 0.548. The minimum atomic E-state index is -0.431. The van der Waals surface area contributed by atoms with E-state index in [-0.39, 0.29) is 16.7 Å². The zero-order valence-corrected chi connectivity index (χ0v) is 20.3. The Morgan fingerprint density at radius 3 is 2.09 bits per heavy atom. The summed E-state index contributed by atoms with van der Waals surface area (Å²) >= 11 is 1.48. The molecule has 174 valence electrons. The molecule has 4 rings (SSSR count). The molecule has 0 radical (unpaired) electrons. The fourth-order valence-corrected chi connectivity index (χ4v) is 5.40. The number of benzene rings is 2. The largest absolute Gasteiger partial charge is 0.493 e. The first-order valence-electron chi connectivity index (χ1n) is 10.5. The predicted octanol–water partition coefficient (Wildman–Crippen LogP) is 3.68. The molecule has 1 saturated heterocycles. The molecule has 0 unspecified atom stereocenters. The molecule has 1 aliphatic heterocycles. The van der Waals surface area contributed by atoms with Gasteiger partial charge in [0.2, 0.25) is 11.7 Å². The van der Waals surface area contributed by atoms with Gasteiger partial charge in [-0.3, -0.25) is 19.2 Å². The SMILES string of the molecule is COc1cc([C@@H]2S[C@@H](C)C(=O)N2c2c(C)n(C)n(-c3ccccc3)c2=O)cc(OC)c1OC. The summed E-state index contributed by atoms with van der Waals surface area (Å²) in [4.78, 5) is 28.6. The van der Waals surface area contributed by atoms with E-state index in [0.717, 1.165) is 11.3 Å². The van der Waals surface area contributed by atoms with Crippen LogP contribution >= 0.6 is 11.8 Å². The van der Waals surface area contributed by atoms with Gasteiger partial charge in [0.25, 0.3) is 5.56 Å². The number of carbonyl (C=O) groups excluding carboxylic acids is 1. The van der Waals surface area contributed by atoms with Crippen molar-refractivity contribution in [1.29, 1.82) is 0 Å². The zero-order chi connectivity index (χ0) is 23.9. The van der Waals surface area contributed by atoms with Crippen molar-refractivity contribution in [3.8, 4) is 22.9 Å². The third-order valence-corrected chi connectivity index (χ3v) is 7.24. The van der Waals surface area contributed by atoms with E-state index in [9.17, 15) is 9.59 Å². The Kier molecular flexibility index (Phi) is 6.16. The molecule has 9 heteroatoms. The minimum absolute atomic E-state index is 0.121. The van der Waals surface area contributed by atoms with Gasteiger partial charge in [-0.25, -0.2) is 4.68 Å². The first kappa shape index (κ1) is 22.8. The molecule has 2 aromatic carbocycles. The number of hydrogen-bond donors (Lipinski definition) is 0. The van der Waals surface area contributed by atoms with Crippen LogP contribution < -0.4 is 24.7 Å². The highest BCUT2D eigenvalue weighted by atomic mass is 32.2. The molecule has 3 aromatic rings. The molecule has 33 heavy (non-hydrogen) atoms. The molecule has 1 amide bonds. The molecule has 2 heterocycles. The Hall–Kier alpha value is -3.33. The third-order valence-electron chi connectivity index (χ3n) is 5.89. The monoisotopic (exact) mass is 469 g/mol. The van der Waals surface area contributed by atoms with Gasteiger partial charge < -0.3 is 14.2 Å². The van der Waals surface area contributed by atoms with E-state index in [1.807, 2.05) is 63.4 Å². The van der Waals surface area contributed by atoms with Crippen LogP contribution in [0.3, 0.4) is 0 Å². The van der Waals surface area contributed by atoms with Gasteiger partial charge in [0.1, 0.15) is 11.1 Å². The Morgan fingerprint density at radius 2 is 1.55 bits per heavy atom. The van der Waals surface area contributed by atoms with Crippen molar-refractivity contribution in [2.24, 2.45) is 7.05 Å². The number of rotatable bonds is 6. The van der Waals surface area contributed by atoms with E-state index in [0.29, 0.717) is 28.6 Å². The summed E-state index contributed by atoms with van der Waals surface area (Å²) in [7, 11) is 6.46. The molecule has 0 aliphatic carbocycles. The van der Waals surface area contributed by atoms with E-state index in [1.54, 1.807) is 35.6 Å². The summed E-state index contributed by atoms with van der Waals surface area (Å²) in [6, 6.07) is 13.0. The number of carbonyl (C=O) groups is 1. The maximum atomic E-state index is 13.6. The van der Waals surface area contributed by atoms with E-state index < -0.39 is 5.37 Å². The van der Waals surface area contributed by atoms with Gasteiger partial charge in [-0.05, 0) is 43.7 Å². The van der Waals surface area contributed by atoms with E-state index in [4.69, 9.17) is 14.2 Å². The molecule has 0 bridgehead atoms. The normalized spacial score (nSPS) is 18.0. The highest BCUT2D eigenvalue weighted by Gasteiger charge is 2.43. The number of ether oxygens (including phenoxy) is 3. The van der Waals surface area contributed by atoms with E-state index >= 15 is 0 Å². The lowest BCUT2D eigenvalue weighted by Crippen LogP contribution is -2.34. The molecule has 2 atom stereocenters. The Labute approximate surface area is 196 Å². The van der Waals surface area contributed by atoms with Crippen molar-refractivity contribution in [3.05, 3.63) is 64.1 Å². The maximum Gasteiger partial charge on any atom is 0.295 e. The number of thioether (sulfide) groups is 1. The Bertz CT molecular complexity index is 1230. The molecular weight excluding hydrogens is 442 g/mol. The lowest BCUT2D eigenvalue weighted by molar-refractivity contribution is -0.117. The molecule has 8 nitrogen and oxygen atoms in total. The number of methoxy groups -OCH3 is 3. The fraction of sp³-hybridized carbons (Fsp3) is 0.333. The molecule has 1 aromatic heterocycles. The predicted molar refractivity (Wildman–Crippen MR) is 129 cm³/mol. The van der Waals surface area contributed by atoms with Crippen LogP contribution in [-0.2, 0) is 11.8 Å². The van der Waals surface area contributed by atoms with Crippen LogP contribution in [0.1, 0.15) is 23.6 Å². The average molecular weight is 470 g/mol. The first-order valence-corrected chi connectivity index (χ1v) is 11.4. The van der Waals surface area contributed by atoms with Crippen LogP contribution in [0.2, 0.25) is 0 Å². The van der Waals surface area contributed by atoms with Gasteiger partial charge in [-0.1, -0.05) is 18.2 Å². The topological polar surface area (TPSA) is 74.9 Å².